The Morgan fingerprint density at radius 3 is 2.34 bits per heavy atom. The van der Waals surface area contributed by atoms with Crippen LogP contribution in [-0.4, -0.2) is 50.3 Å². The highest BCUT2D eigenvalue weighted by Crippen LogP contribution is 3.12. The molecule has 186 valence electrons. The molecule has 14 heteroatoms. The lowest BCUT2D eigenvalue weighted by Gasteiger charge is -2.67. The van der Waals surface area contributed by atoms with Gasteiger partial charge < -0.3 is 9.97 Å². The van der Waals surface area contributed by atoms with E-state index in [0.717, 1.165) is 0 Å². The van der Waals surface area contributed by atoms with Gasteiger partial charge in [0.25, 0.3) is 0 Å². The standard InChI is InChI=1S/C24H18N12S2/c1-2-8-26-19(6-1)38(23-29-13-14-30-23,24-31-15-16-37-24,22-27-10-4-11-28-22)21(18-7-12-32-35-33-18)20(34-36-38)17-5-3-9-25-17/h1-16,25H,(H,29,30). The lowest BCUT2D eigenvalue weighted by atomic mass is 10.2. The van der Waals surface area contributed by atoms with E-state index in [1.807, 2.05) is 41.9 Å². The second-order valence-corrected chi connectivity index (χ2v) is 14.6. The van der Waals surface area contributed by atoms with E-state index in [0.29, 0.717) is 41.7 Å². The number of pyridine rings is 1. The lowest BCUT2D eigenvalue weighted by Crippen LogP contribution is -2.39. The van der Waals surface area contributed by atoms with Crippen LogP contribution in [0.2, 0.25) is 0 Å². The molecular weight excluding hydrogens is 520 g/mol. The molecule has 7 heterocycles. The third-order valence-electron chi connectivity index (χ3n) is 6.57. The van der Waals surface area contributed by atoms with Gasteiger partial charge in [0.15, 0.2) is 14.7 Å². The van der Waals surface area contributed by atoms with Gasteiger partial charge in [-0.05, 0) is 41.6 Å². The number of aromatic amines is 2. The maximum absolute atomic E-state index is 5.38. The van der Waals surface area contributed by atoms with Crippen molar-refractivity contribution in [2.24, 2.45) is 9.63 Å². The number of rotatable bonds is 6. The fourth-order valence-electron chi connectivity index (χ4n) is 5.09. The van der Waals surface area contributed by atoms with Gasteiger partial charge in [-0.15, -0.1) is 31.2 Å². The van der Waals surface area contributed by atoms with Gasteiger partial charge in [0, 0.05) is 57.2 Å². The molecule has 0 atom stereocenters. The maximum atomic E-state index is 5.38. The molecule has 7 rings (SSSR count). The van der Waals surface area contributed by atoms with E-state index in [1.165, 1.54) is 11.3 Å². The van der Waals surface area contributed by atoms with E-state index in [4.69, 9.17) is 34.6 Å². The number of imidazole rings is 1. The summed E-state index contributed by atoms with van der Waals surface area (Å²) in [6.45, 7) is 0. The predicted octanol–water partition coefficient (Wildman–Crippen LogP) is 4.88. The summed E-state index contributed by atoms with van der Waals surface area (Å²) in [6.07, 6.45) is 13.6. The van der Waals surface area contributed by atoms with E-state index in [1.54, 1.807) is 55.5 Å². The molecule has 6 aromatic rings. The Hall–Kier alpha value is -4.95. The maximum Gasteiger partial charge on any atom is 0.195 e. The summed E-state index contributed by atoms with van der Waals surface area (Å²) in [5, 5.41) is 20.5. The summed E-state index contributed by atoms with van der Waals surface area (Å²) in [4.78, 5) is 31.8. The van der Waals surface area contributed by atoms with Crippen LogP contribution in [0.1, 0.15) is 11.4 Å². The molecular formula is C24H18N12S2. The first-order valence-electron chi connectivity index (χ1n) is 11.4. The minimum Gasteiger partial charge on any atom is -0.360 e. The molecule has 0 saturated heterocycles. The Morgan fingerprint density at radius 2 is 1.66 bits per heavy atom. The SMILES string of the molecule is c1ccc(S2(c3ncccn3)(c3ncc[nH]3)(c3nccs3)N=NC(c3ccc[nH]3)=C2c2ccnnn2)nc1. The lowest BCUT2D eigenvalue weighted by molar-refractivity contribution is 0.842. The molecule has 0 radical (unpaired) electrons. The van der Waals surface area contributed by atoms with Crippen LogP contribution in [0.25, 0.3) is 10.6 Å². The van der Waals surface area contributed by atoms with Crippen molar-refractivity contribution in [1.82, 2.24) is 50.3 Å². The van der Waals surface area contributed by atoms with Crippen molar-refractivity contribution >= 4 is 30.4 Å². The smallest absolute Gasteiger partial charge is 0.195 e. The van der Waals surface area contributed by atoms with Crippen LogP contribution < -0.4 is 0 Å². The molecule has 0 spiro atoms. The van der Waals surface area contributed by atoms with Crippen LogP contribution in [0.15, 0.2) is 127 Å². The van der Waals surface area contributed by atoms with Gasteiger partial charge in [-0.1, -0.05) is 6.07 Å². The topological polar surface area (TPSA) is 159 Å². The molecule has 0 fully saturated rings. The summed E-state index contributed by atoms with van der Waals surface area (Å²) < 4.78 is 5.94. The molecule has 6 aromatic heterocycles. The molecule has 0 unspecified atom stereocenters. The quantitative estimate of drug-likeness (QED) is 0.284. The van der Waals surface area contributed by atoms with Crippen LogP contribution in [0.3, 0.4) is 0 Å². The fraction of sp³-hybridized carbons (Fsp3) is 0. The van der Waals surface area contributed by atoms with Crippen molar-refractivity contribution < 1.29 is 0 Å². The van der Waals surface area contributed by atoms with Crippen LogP contribution >= 0.6 is 19.8 Å². The number of thiazole rings is 1. The normalized spacial score (nSPS) is 18.8. The fourth-order valence-corrected chi connectivity index (χ4v) is 13.7. The van der Waals surface area contributed by atoms with Crippen molar-refractivity contribution in [3.05, 3.63) is 109 Å². The molecule has 0 aromatic carbocycles. The highest BCUT2D eigenvalue weighted by atomic mass is 32.4. The Balaban J connectivity index is 1.90. The monoisotopic (exact) mass is 538 g/mol. The number of nitrogens with zero attached hydrogens (tertiary/aromatic N) is 10. The van der Waals surface area contributed by atoms with E-state index in [9.17, 15) is 0 Å². The summed E-state index contributed by atoms with van der Waals surface area (Å²) in [5.74, 6) is 0. The van der Waals surface area contributed by atoms with Crippen LogP contribution in [0.4, 0.5) is 0 Å². The van der Waals surface area contributed by atoms with Gasteiger partial charge >= 0.3 is 0 Å². The Kier molecular flexibility index (Phi) is 4.55. The van der Waals surface area contributed by atoms with Gasteiger partial charge in [-0.2, -0.15) is 0 Å². The second-order valence-electron chi connectivity index (χ2n) is 8.32. The third kappa shape index (κ3) is 2.32. The van der Waals surface area contributed by atoms with Crippen molar-refractivity contribution in [2.75, 3.05) is 0 Å². The van der Waals surface area contributed by atoms with Crippen molar-refractivity contribution in [3.8, 4) is 0 Å². The van der Waals surface area contributed by atoms with Crippen LogP contribution in [0, 0.1) is 0 Å². The van der Waals surface area contributed by atoms with Gasteiger partial charge in [0.05, 0.1) is 16.8 Å². The molecule has 1 aliphatic rings. The molecule has 38 heavy (non-hydrogen) atoms. The zero-order valence-corrected chi connectivity index (χ0v) is 21.2. The highest BCUT2D eigenvalue weighted by molar-refractivity contribution is 8.70. The first-order chi connectivity index (χ1) is 18.8. The van der Waals surface area contributed by atoms with Gasteiger partial charge in [0.1, 0.15) is 16.4 Å². The van der Waals surface area contributed by atoms with Gasteiger partial charge in [-0.25, -0.2) is 24.9 Å². The minimum absolute atomic E-state index is 0.329. The minimum atomic E-state index is -5.17. The number of hydrogen-bond acceptors (Lipinski definition) is 11. The molecule has 0 saturated carbocycles. The molecule has 2 N–H and O–H groups in total. The van der Waals surface area contributed by atoms with Crippen molar-refractivity contribution in [1.29, 1.82) is 0 Å². The molecule has 0 aliphatic carbocycles. The molecule has 0 amide bonds. The predicted molar refractivity (Wildman–Crippen MR) is 140 cm³/mol. The second kappa shape index (κ2) is 7.77. The van der Waals surface area contributed by atoms with E-state index in [-0.39, 0.29) is 0 Å². The number of aromatic nitrogens is 10. The van der Waals surface area contributed by atoms with Crippen LogP contribution in [-0.2, 0) is 0 Å². The summed E-state index contributed by atoms with van der Waals surface area (Å²) >= 11 is 1.40. The van der Waals surface area contributed by atoms with Crippen LogP contribution in [0.5, 0.6) is 0 Å². The molecule has 0 bridgehead atoms. The average molecular weight is 539 g/mol. The van der Waals surface area contributed by atoms with E-state index < -0.39 is 8.48 Å². The number of nitrogens with one attached hydrogen (secondary N) is 2. The number of H-pyrrole nitrogens is 2. The summed E-state index contributed by atoms with van der Waals surface area (Å²) in [5.41, 5.74) is 1.68. The zero-order valence-electron chi connectivity index (χ0n) is 19.5. The number of hydrogen-bond donors (Lipinski definition) is 2. The Bertz CT molecular complexity index is 1700. The highest BCUT2D eigenvalue weighted by Gasteiger charge is 2.81. The van der Waals surface area contributed by atoms with Gasteiger partial charge in [-0.3, -0.25) is 0 Å². The first-order valence-corrected chi connectivity index (χ1v) is 14.7. The van der Waals surface area contributed by atoms with Crippen molar-refractivity contribution in [3.63, 3.8) is 0 Å². The third-order valence-corrected chi connectivity index (χ3v) is 15.0. The van der Waals surface area contributed by atoms with E-state index >= 15 is 0 Å². The summed E-state index contributed by atoms with van der Waals surface area (Å²) in [7, 11) is -5.17. The average Bonchev–Trinajstić information content (AvgIpc) is 3.82. The molecule has 1 aliphatic heterocycles. The van der Waals surface area contributed by atoms with Gasteiger partial charge in [0.2, 0.25) is 0 Å². The Labute approximate surface area is 218 Å². The zero-order chi connectivity index (χ0) is 25.5. The van der Waals surface area contributed by atoms with E-state index in [2.05, 4.69) is 25.4 Å². The van der Waals surface area contributed by atoms with Crippen molar-refractivity contribution in [2.45, 2.75) is 19.7 Å². The molecule has 12 nitrogen and oxygen atoms in total. The first kappa shape index (κ1) is 22.3. The largest absolute Gasteiger partial charge is 0.360 e. The Morgan fingerprint density at radius 1 is 0.737 bits per heavy atom. The summed E-state index contributed by atoms with van der Waals surface area (Å²) in [6, 6.07) is 13.0.